The Morgan fingerprint density at radius 3 is 2.84 bits per heavy atom. The smallest absolute Gasteiger partial charge is 0.0594 e. The van der Waals surface area contributed by atoms with Crippen molar-refractivity contribution < 1.29 is 4.74 Å². The molecule has 1 aliphatic heterocycles. The number of nitrogens with zero attached hydrogens (tertiary/aromatic N) is 1. The van der Waals surface area contributed by atoms with Crippen molar-refractivity contribution in [3.8, 4) is 0 Å². The number of morpholine rings is 1. The highest BCUT2D eigenvalue weighted by atomic mass is 16.5. The highest BCUT2D eigenvalue weighted by Crippen LogP contribution is 2.27. The van der Waals surface area contributed by atoms with Crippen LogP contribution in [0.25, 0.3) is 0 Å². The Morgan fingerprint density at radius 1 is 1.11 bits per heavy atom. The van der Waals surface area contributed by atoms with Crippen LogP contribution < -0.4 is 5.32 Å². The fourth-order valence-corrected chi connectivity index (χ4v) is 3.12. The van der Waals surface area contributed by atoms with Crippen LogP contribution in [-0.2, 0) is 17.6 Å². The average molecular weight is 260 g/mol. The lowest BCUT2D eigenvalue weighted by Crippen LogP contribution is -2.39. The molecule has 3 heteroatoms. The van der Waals surface area contributed by atoms with Crippen LogP contribution in [0.1, 0.15) is 24.0 Å². The molecule has 0 atom stereocenters. The van der Waals surface area contributed by atoms with E-state index in [4.69, 9.17) is 4.74 Å². The fraction of sp³-hybridized carbons (Fsp3) is 0.625. The van der Waals surface area contributed by atoms with E-state index < -0.39 is 0 Å². The van der Waals surface area contributed by atoms with Gasteiger partial charge in [0.05, 0.1) is 13.2 Å². The summed E-state index contributed by atoms with van der Waals surface area (Å²) in [6.45, 7) is 6.09. The molecule has 0 spiro atoms. The molecule has 1 fully saturated rings. The average Bonchev–Trinajstić information content (AvgIpc) is 2.49. The lowest BCUT2D eigenvalue weighted by atomic mass is 9.90. The minimum absolute atomic E-state index is 0.890. The van der Waals surface area contributed by atoms with E-state index in [1.165, 1.54) is 31.4 Å². The highest BCUT2D eigenvalue weighted by Gasteiger charge is 2.13. The Balaban J connectivity index is 1.54. The molecule has 0 unspecified atom stereocenters. The molecular weight excluding hydrogens is 236 g/mol. The molecule has 1 heterocycles. The summed E-state index contributed by atoms with van der Waals surface area (Å²) in [5.41, 5.74) is 4.49. The SMILES string of the molecule is c1cc2c(c(NCCN3CCOCC3)c1)CCCC2. The van der Waals surface area contributed by atoms with Crippen LogP contribution in [0.4, 0.5) is 5.69 Å². The standard InChI is InChI=1S/C16H24N2O/c1-2-6-15-14(4-1)5-3-7-16(15)17-8-9-18-10-12-19-13-11-18/h3,5,7,17H,1-2,4,6,8-13H2. The van der Waals surface area contributed by atoms with Gasteiger partial charge in [-0.1, -0.05) is 12.1 Å². The zero-order valence-electron chi connectivity index (χ0n) is 11.7. The minimum atomic E-state index is 0.890. The second-order valence-electron chi connectivity index (χ2n) is 5.53. The lowest BCUT2D eigenvalue weighted by Gasteiger charge is -2.27. The van der Waals surface area contributed by atoms with Gasteiger partial charge in [-0.3, -0.25) is 4.90 Å². The molecule has 0 bridgehead atoms. The summed E-state index contributed by atoms with van der Waals surface area (Å²) in [7, 11) is 0. The molecule has 1 aliphatic carbocycles. The lowest BCUT2D eigenvalue weighted by molar-refractivity contribution is 0.0398. The van der Waals surface area contributed by atoms with Crippen molar-refractivity contribution in [3.05, 3.63) is 29.3 Å². The number of anilines is 1. The molecule has 1 N–H and O–H groups in total. The van der Waals surface area contributed by atoms with E-state index in [0.717, 1.165) is 39.4 Å². The van der Waals surface area contributed by atoms with Crippen LogP contribution in [0.3, 0.4) is 0 Å². The second kappa shape index (κ2) is 6.40. The Kier molecular flexibility index (Phi) is 4.36. The maximum atomic E-state index is 5.38. The summed E-state index contributed by atoms with van der Waals surface area (Å²) in [4.78, 5) is 2.48. The van der Waals surface area contributed by atoms with Crippen molar-refractivity contribution in [2.45, 2.75) is 25.7 Å². The Morgan fingerprint density at radius 2 is 1.95 bits per heavy atom. The minimum Gasteiger partial charge on any atom is -0.384 e. The van der Waals surface area contributed by atoms with Crippen molar-refractivity contribution in [2.75, 3.05) is 44.7 Å². The van der Waals surface area contributed by atoms with E-state index in [1.807, 2.05) is 0 Å². The molecule has 1 aromatic rings. The predicted molar refractivity (Wildman–Crippen MR) is 78.8 cm³/mol. The van der Waals surface area contributed by atoms with Crippen LogP contribution in [0.5, 0.6) is 0 Å². The molecule has 0 radical (unpaired) electrons. The number of fused-ring (bicyclic) bond motifs is 1. The Labute approximate surface area is 115 Å². The monoisotopic (exact) mass is 260 g/mol. The molecular formula is C16H24N2O. The van der Waals surface area contributed by atoms with Crippen molar-refractivity contribution in [1.29, 1.82) is 0 Å². The third-order valence-corrected chi connectivity index (χ3v) is 4.24. The van der Waals surface area contributed by atoms with E-state index in [-0.39, 0.29) is 0 Å². The summed E-state index contributed by atoms with van der Waals surface area (Å²) < 4.78 is 5.38. The molecule has 0 aromatic heterocycles. The molecule has 3 nitrogen and oxygen atoms in total. The van der Waals surface area contributed by atoms with Gasteiger partial charge in [0.1, 0.15) is 0 Å². The molecule has 3 rings (SSSR count). The van der Waals surface area contributed by atoms with Gasteiger partial charge in [-0.25, -0.2) is 0 Å². The van der Waals surface area contributed by atoms with Crippen molar-refractivity contribution in [3.63, 3.8) is 0 Å². The Hall–Kier alpha value is -1.06. The van der Waals surface area contributed by atoms with Gasteiger partial charge in [0.2, 0.25) is 0 Å². The fourth-order valence-electron chi connectivity index (χ4n) is 3.12. The van der Waals surface area contributed by atoms with Crippen LogP contribution >= 0.6 is 0 Å². The second-order valence-corrected chi connectivity index (χ2v) is 5.53. The Bertz CT molecular complexity index is 413. The third-order valence-electron chi connectivity index (χ3n) is 4.24. The van der Waals surface area contributed by atoms with Gasteiger partial charge in [-0.05, 0) is 42.9 Å². The number of nitrogens with one attached hydrogen (secondary N) is 1. The van der Waals surface area contributed by atoms with Gasteiger partial charge in [-0.2, -0.15) is 0 Å². The maximum Gasteiger partial charge on any atom is 0.0594 e. The van der Waals surface area contributed by atoms with Crippen LogP contribution in [-0.4, -0.2) is 44.3 Å². The van der Waals surface area contributed by atoms with Crippen LogP contribution in [0.2, 0.25) is 0 Å². The molecule has 0 saturated carbocycles. The number of aryl methyl sites for hydroxylation is 1. The first kappa shape index (κ1) is 12.9. The first-order valence-electron chi connectivity index (χ1n) is 7.58. The molecule has 2 aliphatic rings. The summed E-state index contributed by atoms with van der Waals surface area (Å²) in [6, 6.07) is 6.73. The van der Waals surface area contributed by atoms with E-state index in [9.17, 15) is 0 Å². The summed E-state index contributed by atoms with van der Waals surface area (Å²) in [5, 5.41) is 3.64. The zero-order chi connectivity index (χ0) is 12.9. The van der Waals surface area contributed by atoms with E-state index in [2.05, 4.69) is 28.4 Å². The van der Waals surface area contributed by atoms with Gasteiger partial charge < -0.3 is 10.1 Å². The molecule has 1 aromatic carbocycles. The quantitative estimate of drug-likeness (QED) is 0.899. The van der Waals surface area contributed by atoms with Crippen LogP contribution in [0, 0.1) is 0 Å². The number of benzene rings is 1. The van der Waals surface area contributed by atoms with E-state index >= 15 is 0 Å². The molecule has 0 amide bonds. The first-order valence-corrected chi connectivity index (χ1v) is 7.58. The predicted octanol–water partition coefficient (Wildman–Crippen LogP) is 2.31. The number of rotatable bonds is 4. The maximum absolute atomic E-state index is 5.38. The van der Waals surface area contributed by atoms with Crippen molar-refractivity contribution >= 4 is 5.69 Å². The number of hydrogen-bond donors (Lipinski definition) is 1. The van der Waals surface area contributed by atoms with Crippen molar-refractivity contribution in [2.24, 2.45) is 0 Å². The van der Waals surface area contributed by atoms with Gasteiger partial charge >= 0.3 is 0 Å². The number of ether oxygens (including phenoxy) is 1. The molecule has 1 saturated heterocycles. The van der Waals surface area contributed by atoms with Gasteiger partial charge in [-0.15, -0.1) is 0 Å². The van der Waals surface area contributed by atoms with Crippen LogP contribution in [0.15, 0.2) is 18.2 Å². The van der Waals surface area contributed by atoms with Gasteiger partial charge in [0.15, 0.2) is 0 Å². The summed E-state index contributed by atoms with van der Waals surface area (Å²) >= 11 is 0. The number of hydrogen-bond acceptors (Lipinski definition) is 3. The first-order chi connectivity index (χ1) is 9.43. The highest BCUT2D eigenvalue weighted by molar-refractivity contribution is 5.55. The van der Waals surface area contributed by atoms with Gasteiger partial charge in [0, 0.05) is 31.9 Å². The summed E-state index contributed by atoms with van der Waals surface area (Å²) in [5.74, 6) is 0. The largest absolute Gasteiger partial charge is 0.384 e. The summed E-state index contributed by atoms with van der Waals surface area (Å²) in [6.07, 6.45) is 5.20. The molecule has 104 valence electrons. The molecule has 19 heavy (non-hydrogen) atoms. The van der Waals surface area contributed by atoms with E-state index in [1.54, 1.807) is 11.1 Å². The van der Waals surface area contributed by atoms with E-state index in [0.29, 0.717) is 0 Å². The van der Waals surface area contributed by atoms with Crippen molar-refractivity contribution in [1.82, 2.24) is 4.90 Å². The normalized spacial score (nSPS) is 20.0. The zero-order valence-corrected chi connectivity index (χ0v) is 11.7. The third kappa shape index (κ3) is 3.28. The van der Waals surface area contributed by atoms with Gasteiger partial charge in [0.25, 0.3) is 0 Å². The topological polar surface area (TPSA) is 24.5 Å².